The van der Waals surface area contributed by atoms with E-state index in [1.165, 1.54) is 72.1 Å². The number of aromatic nitrogens is 1. The lowest BCUT2D eigenvalue weighted by Gasteiger charge is -2.39. The summed E-state index contributed by atoms with van der Waals surface area (Å²) >= 11 is 0. The van der Waals surface area contributed by atoms with Crippen molar-refractivity contribution in [1.29, 1.82) is 0 Å². The number of amides is 1. The summed E-state index contributed by atoms with van der Waals surface area (Å²) in [6, 6.07) is 13.9. The Morgan fingerprint density at radius 2 is 1.91 bits per heavy atom. The van der Waals surface area contributed by atoms with Gasteiger partial charge in [0.25, 0.3) is 5.91 Å². The molecule has 6 heteroatoms. The fraction of sp³-hybridized carbons (Fsp3) is 0.448. The van der Waals surface area contributed by atoms with Gasteiger partial charge in [0, 0.05) is 35.2 Å². The monoisotopic (exact) mass is 472 g/mol. The Bertz CT molecular complexity index is 1270. The zero-order valence-electron chi connectivity index (χ0n) is 20.2. The van der Waals surface area contributed by atoms with Crippen molar-refractivity contribution in [3.8, 4) is 0 Å². The van der Waals surface area contributed by atoms with E-state index in [0.29, 0.717) is 18.0 Å². The van der Waals surface area contributed by atoms with Gasteiger partial charge in [0.15, 0.2) is 0 Å². The summed E-state index contributed by atoms with van der Waals surface area (Å²) in [6.07, 6.45) is 11.4. The Morgan fingerprint density at radius 1 is 1.06 bits per heavy atom. The zero-order valence-corrected chi connectivity index (χ0v) is 20.2. The van der Waals surface area contributed by atoms with Crippen LogP contribution >= 0.6 is 0 Å². The quantitative estimate of drug-likeness (QED) is 0.384. The molecule has 0 bridgehead atoms. The molecule has 1 N–H and O–H groups in total. The van der Waals surface area contributed by atoms with Gasteiger partial charge in [-0.2, -0.15) is 5.10 Å². The molecule has 0 saturated heterocycles. The standard InChI is InChI=1S/C29H33FN4O/c30-25-11-5-4-9-22(25)18-31-32-28(35)19-33-15-16-34-26-14-13-21(20-7-2-1-3-8-20)17-24(26)23-10-6-12-27(33)29(23)34/h4-5,9,11,13-14,17-18,20,27H,1-3,6-8,10,12,15-16,19H2,(H,32,35)/b31-18-. The molecule has 3 aliphatic rings. The van der Waals surface area contributed by atoms with Gasteiger partial charge in [-0.3, -0.25) is 9.69 Å². The highest BCUT2D eigenvalue weighted by Crippen LogP contribution is 2.44. The van der Waals surface area contributed by atoms with Crippen molar-refractivity contribution >= 4 is 23.0 Å². The van der Waals surface area contributed by atoms with Crippen molar-refractivity contribution in [2.75, 3.05) is 13.1 Å². The van der Waals surface area contributed by atoms with Crippen LogP contribution in [0, 0.1) is 5.82 Å². The minimum atomic E-state index is -0.351. The van der Waals surface area contributed by atoms with Gasteiger partial charge in [-0.05, 0) is 67.3 Å². The molecule has 1 fully saturated rings. The van der Waals surface area contributed by atoms with Crippen molar-refractivity contribution in [3.05, 3.63) is 70.7 Å². The van der Waals surface area contributed by atoms with Crippen LogP contribution in [-0.2, 0) is 17.8 Å². The van der Waals surface area contributed by atoms with Crippen molar-refractivity contribution in [3.63, 3.8) is 0 Å². The van der Waals surface area contributed by atoms with Gasteiger partial charge in [0.05, 0.1) is 18.8 Å². The van der Waals surface area contributed by atoms with E-state index in [-0.39, 0.29) is 17.8 Å². The first-order chi connectivity index (χ1) is 17.2. The molecule has 35 heavy (non-hydrogen) atoms. The van der Waals surface area contributed by atoms with Crippen LogP contribution in [0.4, 0.5) is 4.39 Å². The van der Waals surface area contributed by atoms with E-state index in [9.17, 15) is 9.18 Å². The van der Waals surface area contributed by atoms with Gasteiger partial charge in [0.2, 0.25) is 0 Å². The molecule has 1 aromatic heterocycles. The molecule has 2 aliphatic carbocycles. The Labute approximate surface area is 206 Å². The Hall–Kier alpha value is -2.99. The van der Waals surface area contributed by atoms with Gasteiger partial charge in [-0.25, -0.2) is 9.82 Å². The molecule has 2 aromatic carbocycles. The van der Waals surface area contributed by atoms with Crippen LogP contribution in [0.25, 0.3) is 10.9 Å². The molecule has 3 aromatic rings. The Balaban J connectivity index is 1.21. The minimum absolute atomic E-state index is 0.158. The molecule has 1 unspecified atom stereocenters. The van der Waals surface area contributed by atoms with Crippen LogP contribution in [0.2, 0.25) is 0 Å². The third-order valence-corrected chi connectivity index (χ3v) is 8.23. The highest BCUT2D eigenvalue weighted by Gasteiger charge is 2.35. The topological polar surface area (TPSA) is 49.6 Å². The molecule has 2 heterocycles. The van der Waals surface area contributed by atoms with E-state index < -0.39 is 0 Å². The number of aryl methyl sites for hydroxylation is 1. The van der Waals surface area contributed by atoms with Crippen LogP contribution in [0.15, 0.2) is 47.6 Å². The number of carbonyl (C=O) groups is 1. The first-order valence-electron chi connectivity index (χ1n) is 13.1. The summed E-state index contributed by atoms with van der Waals surface area (Å²) in [5.74, 6) is 0.200. The van der Waals surface area contributed by atoms with Crippen LogP contribution in [0.1, 0.15) is 79.3 Å². The maximum Gasteiger partial charge on any atom is 0.254 e. The molecular formula is C29H33FN4O. The van der Waals surface area contributed by atoms with Gasteiger partial charge in [-0.15, -0.1) is 0 Å². The van der Waals surface area contributed by atoms with E-state index in [4.69, 9.17) is 0 Å². The molecule has 1 saturated carbocycles. The highest BCUT2D eigenvalue weighted by atomic mass is 19.1. The summed E-state index contributed by atoms with van der Waals surface area (Å²) < 4.78 is 16.3. The number of nitrogens with zero attached hydrogens (tertiary/aromatic N) is 3. The summed E-state index contributed by atoms with van der Waals surface area (Å²) in [5.41, 5.74) is 8.75. The van der Waals surface area contributed by atoms with Gasteiger partial charge in [0.1, 0.15) is 5.82 Å². The lowest BCUT2D eigenvalue weighted by molar-refractivity contribution is -0.123. The number of hydrogen-bond acceptors (Lipinski definition) is 3. The molecule has 6 rings (SSSR count). The van der Waals surface area contributed by atoms with Gasteiger partial charge >= 0.3 is 0 Å². The lowest BCUT2D eigenvalue weighted by atomic mass is 9.83. The molecule has 1 aliphatic heterocycles. The second-order valence-electron chi connectivity index (χ2n) is 10.3. The number of nitrogens with one attached hydrogen (secondary N) is 1. The molecule has 5 nitrogen and oxygen atoms in total. The molecule has 0 spiro atoms. The largest absolute Gasteiger partial charge is 0.342 e. The summed E-state index contributed by atoms with van der Waals surface area (Å²) in [6.45, 7) is 2.04. The van der Waals surface area contributed by atoms with E-state index in [2.05, 4.69) is 38.2 Å². The maximum absolute atomic E-state index is 13.8. The summed E-state index contributed by atoms with van der Waals surface area (Å²) in [4.78, 5) is 15.0. The summed E-state index contributed by atoms with van der Waals surface area (Å²) in [7, 11) is 0. The van der Waals surface area contributed by atoms with Gasteiger partial charge in [-0.1, -0.05) is 43.5 Å². The van der Waals surface area contributed by atoms with Crippen LogP contribution in [-0.4, -0.2) is 34.7 Å². The maximum atomic E-state index is 13.8. The van der Waals surface area contributed by atoms with Crippen molar-refractivity contribution in [2.45, 2.75) is 69.9 Å². The van der Waals surface area contributed by atoms with E-state index in [0.717, 1.165) is 32.4 Å². The molecule has 0 radical (unpaired) electrons. The van der Waals surface area contributed by atoms with Gasteiger partial charge < -0.3 is 4.57 Å². The molecule has 1 amide bonds. The Morgan fingerprint density at radius 3 is 2.77 bits per heavy atom. The lowest BCUT2D eigenvalue weighted by Crippen LogP contribution is -2.44. The van der Waals surface area contributed by atoms with Crippen molar-refractivity contribution in [2.24, 2.45) is 5.10 Å². The smallest absolute Gasteiger partial charge is 0.254 e. The third kappa shape index (κ3) is 4.29. The zero-order chi connectivity index (χ0) is 23.8. The van der Waals surface area contributed by atoms with Crippen LogP contribution in [0.5, 0.6) is 0 Å². The highest BCUT2D eigenvalue weighted by molar-refractivity contribution is 5.87. The first-order valence-corrected chi connectivity index (χ1v) is 13.1. The molecule has 1 atom stereocenters. The SMILES string of the molecule is O=C(CN1CCn2c3c(c4cc(C5CCCCC5)ccc42)CCCC31)N/N=C\c1ccccc1F. The van der Waals surface area contributed by atoms with E-state index in [1.54, 1.807) is 18.2 Å². The van der Waals surface area contributed by atoms with Crippen molar-refractivity contribution < 1.29 is 9.18 Å². The predicted molar refractivity (Wildman–Crippen MR) is 137 cm³/mol. The predicted octanol–water partition coefficient (Wildman–Crippen LogP) is 5.67. The normalized spacial score (nSPS) is 20.9. The fourth-order valence-corrected chi connectivity index (χ4v) is 6.55. The number of benzene rings is 2. The third-order valence-electron chi connectivity index (χ3n) is 8.23. The van der Waals surface area contributed by atoms with Crippen LogP contribution in [0.3, 0.4) is 0 Å². The number of rotatable bonds is 5. The number of hydrazone groups is 1. The molecular weight excluding hydrogens is 439 g/mol. The summed E-state index contributed by atoms with van der Waals surface area (Å²) in [5, 5.41) is 5.43. The average Bonchev–Trinajstić information content (AvgIpc) is 3.22. The number of fused-ring (bicyclic) bond motifs is 3. The van der Waals surface area contributed by atoms with E-state index in [1.807, 2.05) is 0 Å². The number of carbonyl (C=O) groups excluding carboxylic acids is 1. The number of hydrogen-bond donors (Lipinski definition) is 1. The number of halogens is 1. The second kappa shape index (κ2) is 9.57. The molecule has 182 valence electrons. The van der Waals surface area contributed by atoms with Crippen molar-refractivity contribution in [1.82, 2.24) is 14.9 Å². The first kappa shape index (κ1) is 22.5. The Kier molecular flexibility index (Phi) is 6.15. The average molecular weight is 473 g/mol. The second-order valence-corrected chi connectivity index (χ2v) is 10.3. The van der Waals surface area contributed by atoms with E-state index >= 15 is 0 Å². The minimum Gasteiger partial charge on any atom is -0.342 e. The van der Waals surface area contributed by atoms with Crippen LogP contribution < -0.4 is 5.43 Å². The fourth-order valence-electron chi connectivity index (χ4n) is 6.55.